The number of nitrogens with zero attached hydrogens (tertiary/aromatic N) is 4. The molecule has 0 bridgehead atoms. The Kier molecular flexibility index (Phi) is 5.39. The molecule has 7 nitrogen and oxygen atoms in total. The number of anilines is 1. The zero-order chi connectivity index (χ0) is 17.3. The molecule has 0 spiro atoms. The van der Waals surface area contributed by atoms with E-state index in [9.17, 15) is 4.79 Å². The number of hydrogen-bond acceptors (Lipinski definition) is 6. The molecule has 1 aromatic carbocycles. The highest BCUT2D eigenvalue weighted by Crippen LogP contribution is 2.37. The highest BCUT2D eigenvalue weighted by molar-refractivity contribution is 8.00. The van der Waals surface area contributed by atoms with Crippen LogP contribution in [0.25, 0.3) is 0 Å². The third kappa shape index (κ3) is 4.05. The van der Waals surface area contributed by atoms with Crippen LogP contribution in [0.15, 0.2) is 17.3 Å². The van der Waals surface area contributed by atoms with Crippen molar-refractivity contribution in [2.45, 2.75) is 36.2 Å². The Morgan fingerprint density at radius 3 is 2.62 bits per heavy atom. The summed E-state index contributed by atoms with van der Waals surface area (Å²) in [5, 5.41) is 12.8. The SMILES string of the molecule is CC(Sc1nnnn1C1CC1)C(=O)NNc1c(Cl)cc(Cl)cc1Cl. The Morgan fingerprint density at radius 1 is 1.33 bits per heavy atom. The molecule has 1 saturated carbocycles. The van der Waals surface area contributed by atoms with Crippen molar-refractivity contribution in [1.82, 2.24) is 25.6 Å². The van der Waals surface area contributed by atoms with Gasteiger partial charge in [0.2, 0.25) is 5.16 Å². The maximum Gasteiger partial charge on any atom is 0.251 e. The highest BCUT2D eigenvalue weighted by Gasteiger charge is 2.29. The van der Waals surface area contributed by atoms with Crippen molar-refractivity contribution in [1.29, 1.82) is 0 Å². The standard InChI is InChI=1S/C13H13Cl3N6OS/c1-6(24-13-19-20-21-22(13)8-2-3-8)12(23)18-17-11-9(15)4-7(14)5-10(11)16/h4-6,8,17H,2-3H2,1H3,(H,18,23). The molecule has 0 saturated heterocycles. The lowest BCUT2D eigenvalue weighted by Crippen LogP contribution is -2.35. The van der Waals surface area contributed by atoms with E-state index < -0.39 is 5.25 Å². The van der Waals surface area contributed by atoms with Gasteiger partial charge in [0.15, 0.2) is 0 Å². The first-order valence-electron chi connectivity index (χ1n) is 7.10. The lowest BCUT2D eigenvalue weighted by Gasteiger charge is -2.15. The minimum absolute atomic E-state index is 0.257. The summed E-state index contributed by atoms with van der Waals surface area (Å²) in [6.07, 6.45) is 2.13. The topological polar surface area (TPSA) is 84.7 Å². The quantitative estimate of drug-likeness (QED) is 0.562. The number of tetrazole rings is 1. The fraction of sp³-hybridized carbons (Fsp3) is 0.385. The van der Waals surface area contributed by atoms with E-state index in [1.54, 1.807) is 11.6 Å². The third-order valence-electron chi connectivity index (χ3n) is 3.32. The Bertz CT molecular complexity index is 743. The summed E-state index contributed by atoms with van der Waals surface area (Å²) in [5.74, 6) is -0.257. The molecule has 2 aromatic rings. The van der Waals surface area contributed by atoms with Gasteiger partial charge in [-0.3, -0.25) is 15.6 Å². The summed E-state index contributed by atoms with van der Waals surface area (Å²) < 4.78 is 1.76. The number of rotatable bonds is 6. The molecule has 128 valence electrons. The van der Waals surface area contributed by atoms with Crippen LogP contribution in [0.2, 0.25) is 15.1 Å². The van der Waals surface area contributed by atoms with E-state index in [-0.39, 0.29) is 5.91 Å². The molecule has 1 amide bonds. The number of hydrogen-bond donors (Lipinski definition) is 2. The van der Waals surface area contributed by atoms with E-state index in [0.717, 1.165) is 12.8 Å². The van der Waals surface area contributed by atoms with Gasteiger partial charge in [0.25, 0.3) is 5.91 Å². The molecule has 1 heterocycles. The number of hydrazine groups is 1. The molecule has 24 heavy (non-hydrogen) atoms. The molecule has 2 N–H and O–H groups in total. The molecule has 0 aliphatic heterocycles. The van der Waals surface area contributed by atoms with Crippen molar-refractivity contribution in [3.05, 3.63) is 27.2 Å². The van der Waals surface area contributed by atoms with Gasteiger partial charge in [-0.2, -0.15) is 0 Å². The number of carbonyl (C=O) groups is 1. The predicted molar refractivity (Wildman–Crippen MR) is 94.6 cm³/mol. The average molecular weight is 408 g/mol. The minimum atomic E-state index is -0.411. The van der Waals surface area contributed by atoms with Crippen LogP contribution in [0.1, 0.15) is 25.8 Å². The van der Waals surface area contributed by atoms with Crippen LogP contribution in [0.5, 0.6) is 0 Å². The van der Waals surface area contributed by atoms with Crippen molar-refractivity contribution in [3.8, 4) is 0 Å². The number of carbonyl (C=O) groups excluding carboxylic acids is 1. The number of nitrogens with one attached hydrogen (secondary N) is 2. The number of thioether (sulfide) groups is 1. The van der Waals surface area contributed by atoms with E-state index in [1.165, 1.54) is 23.9 Å². The van der Waals surface area contributed by atoms with Crippen LogP contribution in [0.3, 0.4) is 0 Å². The molecular formula is C13H13Cl3N6OS. The zero-order valence-electron chi connectivity index (χ0n) is 12.5. The maximum atomic E-state index is 12.2. The smallest absolute Gasteiger partial charge is 0.251 e. The van der Waals surface area contributed by atoms with Crippen LogP contribution >= 0.6 is 46.6 Å². The number of halogens is 3. The summed E-state index contributed by atoms with van der Waals surface area (Å²) in [6.45, 7) is 1.76. The fourth-order valence-electron chi connectivity index (χ4n) is 1.91. The Hall–Kier alpha value is -1.22. The Balaban J connectivity index is 1.59. The summed E-state index contributed by atoms with van der Waals surface area (Å²) in [7, 11) is 0. The Morgan fingerprint density at radius 2 is 2.00 bits per heavy atom. The molecule has 1 aliphatic carbocycles. The summed E-state index contributed by atoms with van der Waals surface area (Å²) in [5.41, 5.74) is 5.69. The average Bonchev–Trinajstić information content (AvgIpc) is 3.26. The summed E-state index contributed by atoms with van der Waals surface area (Å²) >= 11 is 19.3. The van der Waals surface area contributed by atoms with Crippen molar-refractivity contribution in [2.24, 2.45) is 0 Å². The van der Waals surface area contributed by atoms with Crippen molar-refractivity contribution < 1.29 is 4.79 Å². The third-order valence-corrected chi connectivity index (χ3v) is 5.19. The molecule has 1 atom stereocenters. The van der Waals surface area contributed by atoms with Crippen LogP contribution in [-0.4, -0.2) is 31.4 Å². The second kappa shape index (κ2) is 7.35. The largest absolute Gasteiger partial charge is 0.296 e. The van der Waals surface area contributed by atoms with Crippen LogP contribution in [-0.2, 0) is 4.79 Å². The normalized spacial score (nSPS) is 15.2. The van der Waals surface area contributed by atoms with E-state index >= 15 is 0 Å². The second-order valence-corrected chi connectivity index (χ2v) is 7.81. The molecule has 0 radical (unpaired) electrons. The zero-order valence-corrected chi connectivity index (χ0v) is 15.5. The molecule has 11 heteroatoms. The van der Waals surface area contributed by atoms with Crippen LogP contribution in [0, 0.1) is 0 Å². The van der Waals surface area contributed by atoms with Crippen LogP contribution in [0.4, 0.5) is 5.69 Å². The van der Waals surface area contributed by atoms with Gasteiger partial charge in [0.1, 0.15) is 0 Å². The molecule has 3 rings (SSSR count). The first kappa shape index (κ1) is 17.6. The monoisotopic (exact) mass is 406 g/mol. The van der Waals surface area contributed by atoms with Crippen LogP contribution < -0.4 is 10.9 Å². The summed E-state index contributed by atoms with van der Waals surface area (Å²) in [4.78, 5) is 12.2. The first-order chi connectivity index (χ1) is 11.5. The highest BCUT2D eigenvalue weighted by atomic mass is 35.5. The van der Waals surface area contributed by atoms with E-state index in [2.05, 4.69) is 26.4 Å². The first-order valence-corrected chi connectivity index (χ1v) is 9.12. The lowest BCUT2D eigenvalue weighted by molar-refractivity contribution is -0.119. The van der Waals surface area contributed by atoms with Gasteiger partial charge in [0, 0.05) is 5.02 Å². The number of benzene rings is 1. The molecule has 1 aliphatic rings. The predicted octanol–water partition coefficient (Wildman–Crippen LogP) is 3.59. The number of aromatic nitrogens is 4. The van der Waals surface area contributed by atoms with Gasteiger partial charge in [-0.05, 0) is 42.3 Å². The minimum Gasteiger partial charge on any atom is -0.296 e. The van der Waals surface area contributed by atoms with E-state index in [1.807, 2.05) is 0 Å². The maximum absolute atomic E-state index is 12.2. The van der Waals surface area contributed by atoms with Gasteiger partial charge in [-0.25, -0.2) is 4.68 Å². The van der Waals surface area contributed by atoms with Gasteiger partial charge in [0.05, 0.1) is 27.0 Å². The molecule has 1 aromatic heterocycles. The van der Waals surface area contributed by atoms with Gasteiger partial charge in [-0.1, -0.05) is 46.6 Å². The fourth-order valence-corrected chi connectivity index (χ4v) is 3.68. The van der Waals surface area contributed by atoms with Crippen molar-refractivity contribution in [3.63, 3.8) is 0 Å². The summed E-state index contributed by atoms with van der Waals surface area (Å²) in [6, 6.07) is 3.42. The van der Waals surface area contributed by atoms with Crippen molar-refractivity contribution >= 4 is 58.2 Å². The van der Waals surface area contributed by atoms with E-state index in [4.69, 9.17) is 34.8 Å². The molecule has 1 fully saturated rings. The molecule has 1 unspecified atom stereocenters. The second-order valence-electron chi connectivity index (χ2n) is 5.26. The van der Waals surface area contributed by atoms with E-state index in [0.29, 0.717) is 32.0 Å². The van der Waals surface area contributed by atoms with Gasteiger partial charge in [-0.15, -0.1) is 5.10 Å². The molecular weight excluding hydrogens is 395 g/mol. The van der Waals surface area contributed by atoms with Crippen molar-refractivity contribution in [2.75, 3.05) is 5.43 Å². The lowest BCUT2D eigenvalue weighted by atomic mass is 10.3. The van der Waals surface area contributed by atoms with Gasteiger partial charge >= 0.3 is 0 Å². The van der Waals surface area contributed by atoms with Gasteiger partial charge < -0.3 is 0 Å². The Labute approximate surface area is 157 Å². The number of amides is 1.